The fourth-order valence-electron chi connectivity index (χ4n) is 2.25. The molecule has 3 rings (SSSR count). The van der Waals surface area contributed by atoms with Gasteiger partial charge in [-0.05, 0) is 43.9 Å². The van der Waals surface area contributed by atoms with Crippen LogP contribution < -0.4 is 14.8 Å². The molecule has 0 aromatic heterocycles. The van der Waals surface area contributed by atoms with Crippen molar-refractivity contribution in [1.29, 1.82) is 0 Å². The van der Waals surface area contributed by atoms with Crippen molar-refractivity contribution < 1.29 is 19.4 Å². The predicted octanol–water partition coefficient (Wildman–Crippen LogP) is 1.31. The molecule has 5 nitrogen and oxygen atoms in total. The summed E-state index contributed by atoms with van der Waals surface area (Å²) < 4.78 is 10.4. The minimum atomic E-state index is -0.813. The van der Waals surface area contributed by atoms with Crippen LogP contribution in [0.4, 0.5) is 0 Å². The Morgan fingerprint density at radius 3 is 2.89 bits per heavy atom. The highest BCUT2D eigenvalue weighted by Gasteiger charge is 2.40. The number of ether oxygens (including phenoxy) is 2. The second kappa shape index (κ2) is 4.42. The number of amides is 1. The molecular formula is C14H17NO4. The van der Waals surface area contributed by atoms with E-state index in [1.165, 1.54) is 0 Å². The van der Waals surface area contributed by atoms with Crippen LogP contribution in [-0.2, 0) is 0 Å². The average Bonchev–Trinajstić information content (AvgIpc) is 3.15. The number of fused-ring (bicyclic) bond motifs is 1. The number of benzene rings is 1. The van der Waals surface area contributed by atoms with Crippen molar-refractivity contribution in [3.05, 3.63) is 23.8 Å². The molecule has 1 fully saturated rings. The summed E-state index contributed by atoms with van der Waals surface area (Å²) in [6.45, 7) is 2.23. The maximum absolute atomic E-state index is 12.0. The summed E-state index contributed by atoms with van der Waals surface area (Å²) in [4.78, 5) is 12.0. The molecule has 1 heterocycles. The van der Waals surface area contributed by atoms with Gasteiger partial charge in [0.05, 0.1) is 5.60 Å². The minimum absolute atomic E-state index is 0.191. The molecule has 0 bridgehead atoms. The number of rotatable bonds is 4. The zero-order valence-corrected chi connectivity index (χ0v) is 10.8. The molecule has 0 spiro atoms. The zero-order chi connectivity index (χ0) is 13.5. The Kier molecular flexibility index (Phi) is 2.86. The average molecular weight is 263 g/mol. The smallest absolute Gasteiger partial charge is 0.251 e. The first-order valence-corrected chi connectivity index (χ1v) is 6.46. The first kappa shape index (κ1) is 12.3. The van der Waals surface area contributed by atoms with Crippen LogP contribution in [-0.4, -0.2) is 30.0 Å². The van der Waals surface area contributed by atoms with Gasteiger partial charge in [-0.2, -0.15) is 0 Å². The quantitative estimate of drug-likeness (QED) is 0.859. The molecule has 1 aliphatic carbocycles. The Hall–Kier alpha value is -1.75. The lowest BCUT2D eigenvalue weighted by molar-refractivity contribution is 0.0354. The van der Waals surface area contributed by atoms with Gasteiger partial charge in [-0.1, -0.05) is 0 Å². The van der Waals surface area contributed by atoms with Crippen molar-refractivity contribution in [3.8, 4) is 11.5 Å². The van der Waals surface area contributed by atoms with Crippen LogP contribution in [0.25, 0.3) is 0 Å². The molecule has 0 unspecified atom stereocenters. The lowest BCUT2D eigenvalue weighted by Gasteiger charge is -2.23. The zero-order valence-electron chi connectivity index (χ0n) is 10.8. The van der Waals surface area contributed by atoms with Crippen LogP contribution in [0.3, 0.4) is 0 Å². The van der Waals surface area contributed by atoms with Crippen molar-refractivity contribution in [1.82, 2.24) is 5.32 Å². The van der Waals surface area contributed by atoms with Crippen molar-refractivity contribution >= 4 is 5.91 Å². The molecule has 0 saturated heterocycles. The summed E-state index contributed by atoms with van der Waals surface area (Å²) in [5.74, 6) is 1.34. The Balaban J connectivity index is 1.64. The van der Waals surface area contributed by atoms with E-state index in [0.717, 1.165) is 12.8 Å². The summed E-state index contributed by atoms with van der Waals surface area (Å²) in [6, 6.07) is 5.06. The number of carbonyl (C=O) groups is 1. The largest absolute Gasteiger partial charge is 0.454 e. The van der Waals surface area contributed by atoms with Gasteiger partial charge in [0.25, 0.3) is 5.91 Å². The number of aliphatic hydroxyl groups is 1. The lowest BCUT2D eigenvalue weighted by atomic mass is 10.0. The molecule has 1 atom stereocenters. The lowest BCUT2D eigenvalue weighted by Crippen LogP contribution is -2.42. The first-order chi connectivity index (χ1) is 9.06. The highest BCUT2D eigenvalue weighted by molar-refractivity contribution is 5.95. The first-order valence-electron chi connectivity index (χ1n) is 6.46. The van der Waals surface area contributed by atoms with Crippen LogP contribution >= 0.6 is 0 Å². The molecule has 1 aliphatic heterocycles. The molecule has 102 valence electrons. The summed E-state index contributed by atoms with van der Waals surface area (Å²) >= 11 is 0. The normalized spacial score (nSPS) is 19.9. The van der Waals surface area contributed by atoms with Gasteiger partial charge in [0.15, 0.2) is 11.5 Å². The maximum Gasteiger partial charge on any atom is 0.251 e. The summed E-state index contributed by atoms with van der Waals surface area (Å²) in [6.07, 6.45) is 2.07. The third kappa shape index (κ3) is 2.51. The number of hydrogen-bond donors (Lipinski definition) is 2. The fourth-order valence-corrected chi connectivity index (χ4v) is 2.25. The van der Waals surface area contributed by atoms with Crippen molar-refractivity contribution in [2.75, 3.05) is 13.3 Å². The van der Waals surface area contributed by atoms with E-state index in [2.05, 4.69) is 5.32 Å². The number of hydrogen-bond acceptors (Lipinski definition) is 4. The van der Waals surface area contributed by atoms with Crippen LogP contribution in [0.1, 0.15) is 30.1 Å². The van der Waals surface area contributed by atoms with Crippen LogP contribution in [0, 0.1) is 5.92 Å². The molecule has 2 N–H and O–H groups in total. The van der Waals surface area contributed by atoms with Crippen LogP contribution in [0.5, 0.6) is 11.5 Å². The van der Waals surface area contributed by atoms with Crippen molar-refractivity contribution in [2.24, 2.45) is 5.92 Å². The highest BCUT2D eigenvalue weighted by Crippen LogP contribution is 2.39. The van der Waals surface area contributed by atoms with E-state index in [1.807, 2.05) is 0 Å². The van der Waals surface area contributed by atoms with E-state index in [9.17, 15) is 9.90 Å². The summed E-state index contributed by atoms with van der Waals surface area (Å²) in [5.41, 5.74) is -0.303. The maximum atomic E-state index is 12.0. The Bertz CT molecular complexity index is 508. The molecule has 19 heavy (non-hydrogen) atoms. The second-order valence-corrected chi connectivity index (χ2v) is 5.38. The van der Waals surface area contributed by atoms with Crippen LogP contribution in [0.2, 0.25) is 0 Å². The summed E-state index contributed by atoms with van der Waals surface area (Å²) in [7, 11) is 0. The third-order valence-corrected chi connectivity index (χ3v) is 3.70. The van der Waals surface area contributed by atoms with Crippen molar-refractivity contribution in [2.45, 2.75) is 25.4 Å². The monoisotopic (exact) mass is 263 g/mol. The molecule has 2 aliphatic rings. The standard InChI is InChI=1S/C14H17NO4/c1-14(17,10-3-4-10)7-15-13(16)9-2-5-11-12(6-9)19-8-18-11/h2,5-6,10,17H,3-4,7-8H2,1H3,(H,15,16)/t14-/m1/s1. The van der Waals surface area contributed by atoms with E-state index in [-0.39, 0.29) is 19.2 Å². The van der Waals surface area contributed by atoms with E-state index in [1.54, 1.807) is 25.1 Å². The molecule has 0 radical (unpaired) electrons. The minimum Gasteiger partial charge on any atom is -0.454 e. The molecule has 1 aromatic rings. The van der Waals surface area contributed by atoms with Gasteiger partial charge >= 0.3 is 0 Å². The molecular weight excluding hydrogens is 246 g/mol. The molecule has 1 saturated carbocycles. The second-order valence-electron chi connectivity index (χ2n) is 5.38. The molecule has 5 heteroatoms. The van der Waals surface area contributed by atoms with Gasteiger partial charge < -0.3 is 19.9 Å². The van der Waals surface area contributed by atoms with Gasteiger partial charge in [0.2, 0.25) is 6.79 Å². The predicted molar refractivity (Wildman–Crippen MR) is 68.2 cm³/mol. The SMILES string of the molecule is C[C@@](O)(CNC(=O)c1ccc2c(c1)OCO2)C1CC1. The van der Waals surface area contributed by atoms with Gasteiger partial charge in [-0.15, -0.1) is 0 Å². The fraction of sp³-hybridized carbons (Fsp3) is 0.500. The van der Waals surface area contributed by atoms with Crippen LogP contribution in [0.15, 0.2) is 18.2 Å². The Morgan fingerprint density at radius 2 is 2.16 bits per heavy atom. The number of nitrogens with one attached hydrogen (secondary N) is 1. The molecule has 1 aromatic carbocycles. The van der Waals surface area contributed by atoms with E-state index in [0.29, 0.717) is 23.0 Å². The number of carbonyl (C=O) groups excluding carboxylic acids is 1. The highest BCUT2D eigenvalue weighted by atomic mass is 16.7. The van der Waals surface area contributed by atoms with Gasteiger partial charge in [0.1, 0.15) is 0 Å². The Morgan fingerprint density at radius 1 is 1.42 bits per heavy atom. The van der Waals surface area contributed by atoms with E-state index in [4.69, 9.17) is 9.47 Å². The molecule has 1 amide bonds. The van der Waals surface area contributed by atoms with Gasteiger partial charge in [0, 0.05) is 12.1 Å². The third-order valence-electron chi connectivity index (χ3n) is 3.70. The summed E-state index contributed by atoms with van der Waals surface area (Å²) in [5, 5.41) is 12.9. The van der Waals surface area contributed by atoms with Gasteiger partial charge in [-0.25, -0.2) is 0 Å². The van der Waals surface area contributed by atoms with Crippen molar-refractivity contribution in [3.63, 3.8) is 0 Å². The Labute approximate surface area is 111 Å². The van der Waals surface area contributed by atoms with Gasteiger partial charge in [-0.3, -0.25) is 4.79 Å². The van der Waals surface area contributed by atoms with E-state index < -0.39 is 5.60 Å². The topological polar surface area (TPSA) is 67.8 Å². The van der Waals surface area contributed by atoms with E-state index >= 15 is 0 Å².